The molecule has 0 bridgehead atoms. The van der Waals surface area contributed by atoms with Crippen molar-refractivity contribution in [2.45, 2.75) is 45.8 Å². The first-order valence-electron chi connectivity index (χ1n) is 12.3. The number of aromatic nitrogens is 2. The van der Waals surface area contributed by atoms with Crippen LogP contribution >= 0.6 is 0 Å². The lowest BCUT2D eigenvalue weighted by atomic mass is 9.88. The van der Waals surface area contributed by atoms with E-state index in [-0.39, 0.29) is 42.5 Å². The molecule has 202 valence electrons. The Hall–Kier alpha value is -4.09. The molecule has 1 N–H and O–H groups in total. The summed E-state index contributed by atoms with van der Waals surface area (Å²) in [7, 11) is 1.38. The van der Waals surface area contributed by atoms with Gasteiger partial charge >= 0.3 is 5.97 Å². The van der Waals surface area contributed by atoms with Crippen LogP contribution in [0.4, 0.5) is 4.39 Å². The van der Waals surface area contributed by atoms with Crippen LogP contribution in [-0.4, -0.2) is 71.3 Å². The molecule has 1 saturated heterocycles. The number of likely N-dealkylation sites (tertiary alicyclic amines) is 1. The Balaban J connectivity index is 1.32. The van der Waals surface area contributed by atoms with Crippen molar-refractivity contribution in [1.82, 2.24) is 20.2 Å². The minimum atomic E-state index is -0.480. The van der Waals surface area contributed by atoms with Crippen LogP contribution in [0.3, 0.4) is 0 Å². The summed E-state index contributed by atoms with van der Waals surface area (Å²) >= 11 is 0. The number of piperidine rings is 1. The van der Waals surface area contributed by atoms with Crippen LogP contribution in [0.5, 0.6) is 5.75 Å². The van der Waals surface area contributed by atoms with Crippen LogP contribution in [0.2, 0.25) is 0 Å². The molecule has 0 aliphatic carbocycles. The molecular formula is C26H30FN5O6. The Labute approximate surface area is 219 Å². The highest BCUT2D eigenvalue weighted by atomic mass is 19.1. The highest BCUT2D eigenvalue weighted by Crippen LogP contribution is 2.29. The molecule has 1 aromatic carbocycles. The number of nitrogens with zero attached hydrogens (tertiary/aromatic N) is 4. The summed E-state index contributed by atoms with van der Waals surface area (Å²) in [5.41, 5.74) is 2.01. The van der Waals surface area contributed by atoms with Crippen molar-refractivity contribution in [2.24, 2.45) is 11.1 Å². The van der Waals surface area contributed by atoms with E-state index in [0.29, 0.717) is 42.3 Å². The van der Waals surface area contributed by atoms with E-state index in [1.165, 1.54) is 26.2 Å². The van der Waals surface area contributed by atoms with E-state index in [0.717, 1.165) is 12.8 Å². The zero-order valence-electron chi connectivity index (χ0n) is 21.5. The number of hydrogen-bond acceptors (Lipinski definition) is 9. The lowest BCUT2D eigenvalue weighted by Gasteiger charge is -2.33. The van der Waals surface area contributed by atoms with Gasteiger partial charge in [0.05, 0.1) is 12.8 Å². The number of halogens is 1. The summed E-state index contributed by atoms with van der Waals surface area (Å²) in [4.78, 5) is 52.0. The molecule has 2 aliphatic rings. The smallest absolute Gasteiger partial charge is 0.303 e. The first-order chi connectivity index (χ1) is 18.2. The fraction of sp³-hybridized carbons (Fsp3) is 0.462. The lowest BCUT2D eigenvalue weighted by molar-refractivity contribution is -0.151. The van der Waals surface area contributed by atoms with E-state index in [9.17, 15) is 18.8 Å². The maximum absolute atomic E-state index is 13.6. The monoisotopic (exact) mass is 527 g/mol. The van der Waals surface area contributed by atoms with E-state index in [1.807, 2.05) is 0 Å². The average molecular weight is 528 g/mol. The van der Waals surface area contributed by atoms with Gasteiger partial charge in [0, 0.05) is 38.9 Å². The summed E-state index contributed by atoms with van der Waals surface area (Å²) in [6.07, 6.45) is 1.85. The summed E-state index contributed by atoms with van der Waals surface area (Å²) in [6.45, 7) is 4.00. The molecule has 1 atom stereocenters. The predicted molar refractivity (Wildman–Crippen MR) is 133 cm³/mol. The number of hydrogen-bond donors (Lipinski definition) is 1. The lowest BCUT2D eigenvalue weighted by Crippen LogP contribution is -2.43. The first kappa shape index (κ1) is 27.0. The van der Waals surface area contributed by atoms with Crippen LogP contribution < -0.4 is 10.1 Å². The maximum atomic E-state index is 13.6. The number of nitrogens with one attached hydrogen (secondary N) is 1. The predicted octanol–water partition coefficient (Wildman–Crippen LogP) is 2.16. The molecule has 0 radical (unpaired) electrons. The second-order valence-electron chi connectivity index (χ2n) is 9.22. The Bertz CT molecular complexity index is 1240. The summed E-state index contributed by atoms with van der Waals surface area (Å²) in [6, 6.07) is 5.96. The van der Waals surface area contributed by atoms with Crippen LogP contribution in [0.15, 0.2) is 29.4 Å². The molecule has 2 aromatic rings. The third-order valence-corrected chi connectivity index (χ3v) is 6.54. The van der Waals surface area contributed by atoms with Crippen LogP contribution in [0.1, 0.15) is 53.8 Å². The molecule has 38 heavy (non-hydrogen) atoms. The third-order valence-electron chi connectivity index (χ3n) is 6.54. The zero-order valence-corrected chi connectivity index (χ0v) is 21.5. The van der Waals surface area contributed by atoms with Crippen molar-refractivity contribution in [1.29, 1.82) is 0 Å². The number of aryl methyl sites for hydroxylation is 1. The number of oxime groups is 1. The molecule has 1 aromatic heterocycles. The van der Waals surface area contributed by atoms with Crippen molar-refractivity contribution in [3.8, 4) is 5.75 Å². The molecule has 0 spiro atoms. The Morgan fingerprint density at radius 3 is 2.66 bits per heavy atom. The second kappa shape index (κ2) is 12.0. The van der Waals surface area contributed by atoms with Gasteiger partial charge < -0.3 is 24.5 Å². The molecule has 0 unspecified atom stereocenters. The van der Waals surface area contributed by atoms with Crippen LogP contribution in [0, 0.1) is 18.7 Å². The quantitative estimate of drug-likeness (QED) is 0.517. The Morgan fingerprint density at radius 2 is 1.95 bits per heavy atom. The summed E-state index contributed by atoms with van der Waals surface area (Å²) in [5.74, 6) is -0.842. The number of methoxy groups -OCH3 is 1. The topological polar surface area (TPSA) is 132 Å². The number of carbonyl (C=O) groups excluding carboxylic acids is 3. The maximum Gasteiger partial charge on any atom is 0.303 e. The van der Waals surface area contributed by atoms with Gasteiger partial charge in [0.15, 0.2) is 18.2 Å². The van der Waals surface area contributed by atoms with Crippen molar-refractivity contribution in [3.05, 3.63) is 52.9 Å². The van der Waals surface area contributed by atoms with Crippen molar-refractivity contribution in [2.75, 3.05) is 26.8 Å². The largest absolute Gasteiger partial charge is 0.494 e. The number of benzene rings is 1. The molecule has 1 fully saturated rings. The Morgan fingerprint density at radius 1 is 1.18 bits per heavy atom. The second-order valence-corrected chi connectivity index (χ2v) is 9.22. The van der Waals surface area contributed by atoms with E-state index >= 15 is 0 Å². The minimum Gasteiger partial charge on any atom is -0.494 e. The molecule has 2 aliphatic heterocycles. The van der Waals surface area contributed by atoms with Crippen LogP contribution in [-0.2, 0) is 25.7 Å². The molecule has 0 saturated carbocycles. The van der Waals surface area contributed by atoms with E-state index in [2.05, 4.69) is 20.4 Å². The molecule has 4 rings (SSSR count). The normalized spacial score (nSPS) is 17.4. The number of rotatable bonds is 8. The number of esters is 1. The van der Waals surface area contributed by atoms with E-state index in [4.69, 9.17) is 14.3 Å². The highest BCUT2D eigenvalue weighted by Gasteiger charge is 2.34. The number of carbonyl (C=O) groups is 3. The van der Waals surface area contributed by atoms with Gasteiger partial charge in [-0.3, -0.25) is 14.4 Å². The van der Waals surface area contributed by atoms with Crippen molar-refractivity contribution < 1.29 is 33.1 Å². The Kier molecular flexibility index (Phi) is 8.49. The average Bonchev–Trinajstić information content (AvgIpc) is 3.41. The summed E-state index contributed by atoms with van der Waals surface area (Å²) < 4.78 is 23.4. The van der Waals surface area contributed by atoms with Gasteiger partial charge in [-0.15, -0.1) is 0 Å². The molecule has 2 amide bonds. The highest BCUT2D eigenvalue weighted by molar-refractivity contribution is 6.02. The van der Waals surface area contributed by atoms with E-state index in [1.54, 1.807) is 24.0 Å². The first-order valence-corrected chi connectivity index (χ1v) is 12.3. The third kappa shape index (κ3) is 6.61. The van der Waals surface area contributed by atoms with Gasteiger partial charge in [0.1, 0.15) is 23.3 Å². The van der Waals surface area contributed by atoms with Gasteiger partial charge in [-0.2, -0.15) is 0 Å². The molecule has 3 heterocycles. The van der Waals surface area contributed by atoms with Gasteiger partial charge in [-0.1, -0.05) is 11.2 Å². The number of ether oxygens (including phenoxy) is 2. The van der Waals surface area contributed by atoms with E-state index < -0.39 is 17.7 Å². The molecule has 12 heteroatoms. The van der Waals surface area contributed by atoms with Gasteiger partial charge in [-0.25, -0.2) is 14.4 Å². The number of amides is 2. The van der Waals surface area contributed by atoms with Gasteiger partial charge in [0.2, 0.25) is 0 Å². The molecule has 11 nitrogen and oxygen atoms in total. The minimum absolute atomic E-state index is 0.102. The fourth-order valence-corrected chi connectivity index (χ4v) is 4.49. The summed E-state index contributed by atoms with van der Waals surface area (Å²) in [5, 5.41) is 7.02. The zero-order chi connectivity index (χ0) is 27.2. The SMILES string of the molecule is COc1cc(CNC(=O)c2cc(C3=NO[C@@H](C4CCN(C(=O)COC(C)=O)CC4)C3)nc(C)n2)ccc1F. The van der Waals surface area contributed by atoms with Gasteiger partial charge in [0.25, 0.3) is 11.8 Å². The van der Waals surface area contributed by atoms with Gasteiger partial charge in [-0.05, 0) is 43.5 Å². The molecular weight excluding hydrogens is 497 g/mol. The standard InChI is InChI=1S/C26H30FN5O6/c1-15-29-20(11-22(30-15)26(35)28-13-17-4-5-19(27)24(10-17)36-3)21-12-23(38-31-21)18-6-8-32(9-7-18)25(34)14-37-16(2)33/h4-5,10-11,18,23H,6-9,12-14H2,1-3H3,(H,28,35)/t23-/m1/s1. The van der Waals surface area contributed by atoms with Crippen molar-refractivity contribution >= 4 is 23.5 Å². The van der Waals surface area contributed by atoms with Crippen LogP contribution in [0.25, 0.3) is 0 Å². The van der Waals surface area contributed by atoms with Crippen molar-refractivity contribution in [3.63, 3.8) is 0 Å². The fourth-order valence-electron chi connectivity index (χ4n) is 4.49.